The van der Waals surface area contributed by atoms with Crippen LogP contribution in [0.1, 0.15) is 57.4 Å². The lowest BCUT2D eigenvalue weighted by atomic mass is 9.78. The van der Waals surface area contributed by atoms with Gasteiger partial charge in [-0.1, -0.05) is 38.3 Å². The molecule has 5 nitrogen and oxygen atoms in total. The monoisotopic (exact) mass is 443 g/mol. The van der Waals surface area contributed by atoms with Crippen LogP contribution in [0, 0.1) is 24.7 Å². The fourth-order valence-corrected chi connectivity index (χ4v) is 5.07. The van der Waals surface area contributed by atoms with Gasteiger partial charge >= 0.3 is 0 Å². The van der Waals surface area contributed by atoms with E-state index in [-0.39, 0.29) is 11.8 Å². The van der Waals surface area contributed by atoms with E-state index in [4.69, 9.17) is 21.0 Å². The van der Waals surface area contributed by atoms with Crippen molar-refractivity contribution >= 4 is 17.5 Å². The van der Waals surface area contributed by atoms with E-state index in [1.54, 1.807) is 0 Å². The zero-order valence-corrected chi connectivity index (χ0v) is 19.6. The Morgan fingerprint density at radius 1 is 1.16 bits per heavy atom. The normalized spacial score (nSPS) is 25.5. The van der Waals surface area contributed by atoms with Gasteiger partial charge in [0.2, 0.25) is 11.8 Å². The molecule has 168 valence electrons. The van der Waals surface area contributed by atoms with Crippen molar-refractivity contribution in [3.8, 4) is 11.5 Å². The molecule has 2 fully saturated rings. The van der Waals surface area contributed by atoms with Crippen molar-refractivity contribution in [2.24, 2.45) is 17.8 Å². The zero-order valence-electron chi connectivity index (χ0n) is 18.9. The second kappa shape index (κ2) is 9.74. The third-order valence-corrected chi connectivity index (χ3v) is 7.60. The second-order valence-corrected chi connectivity index (χ2v) is 9.90. The van der Waals surface area contributed by atoms with Crippen LogP contribution in [0.15, 0.2) is 28.7 Å². The van der Waals surface area contributed by atoms with Gasteiger partial charge in [-0.2, -0.15) is 0 Å². The molecule has 1 aliphatic carbocycles. The highest BCUT2D eigenvalue weighted by molar-refractivity contribution is 6.30. The van der Waals surface area contributed by atoms with Gasteiger partial charge in [-0.25, -0.2) is 4.98 Å². The Kier molecular flexibility index (Phi) is 7.02. The molecule has 0 unspecified atom stereocenters. The van der Waals surface area contributed by atoms with Crippen molar-refractivity contribution in [3.63, 3.8) is 0 Å². The number of aromatic nitrogens is 1. The number of carbonyl (C=O) groups is 1. The van der Waals surface area contributed by atoms with Crippen LogP contribution in [0.2, 0.25) is 5.02 Å². The summed E-state index contributed by atoms with van der Waals surface area (Å²) in [5.41, 5.74) is 1.90. The first-order valence-corrected chi connectivity index (χ1v) is 12.0. The number of oxazole rings is 1. The van der Waals surface area contributed by atoms with Gasteiger partial charge in [0, 0.05) is 29.1 Å². The highest BCUT2D eigenvalue weighted by Gasteiger charge is 2.31. The molecule has 1 aliphatic heterocycles. The van der Waals surface area contributed by atoms with E-state index < -0.39 is 0 Å². The number of benzene rings is 1. The summed E-state index contributed by atoms with van der Waals surface area (Å²) in [5.74, 6) is 3.14. The molecular weight excluding hydrogens is 410 g/mol. The first-order chi connectivity index (χ1) is 14.9. The van der Waals surface area contributed by atoms with Crippen LogP contribution in [-0.4, -0.2) is 34.9 Å². The van der Waals surface area contributed by atoms with Crippen LogP contribution < -0.4 is 5.32 Å². The predicted octanol–water partition coefficient (Wildman–Crippen LogP) is 5.46. The van der Waals surface area contributed by atoms with E-state index in [1.165, 1.54) is 12.8 Å². The third-order valence-electron chi connectivity index (χ3n) is 7.35. The van der Waals surface area contributed by atoms with Crippen LogP contribution in [-0.2, 0) is 11.3 Å². The molecular formula is C25H34ClN3O2. The number of hydrogen-bond donors (Lipinski definition) is 1. The Labute approximate surface area is 190 Å². The van der Waals surface area contributed by atoms with E-state index in [2.05, 4.69) is 24.1 Å². The van der Waals surface area contributed by atoms with Gasteiger partial charge in [-0.15, -0.1) is 0 Å². The van der Waals surface area contributed by atoms with Crippen molar-refractivity contribution in [1.82, 2.24) is 15.2 Å². The van der Waals surface area contributed by atoms with Crippen LogP contribution in [0.3, 0.4) is 0 Å². The quantitative estimate of drug-likeness (QED) is 0.666. The van der Waals surface area contributed by atoms with Crippen molar-refractivity contribution in [2.45, 2.75) is 65.5 Å². The lowest BCUT2D eigenvalue weighted by Crippen LogP contribution is -2.48. The van der Waals surface area contributed by atoms with Gasteiger partial charge < -0.3 is 9.73 Å². The Bertz CT molecular complexity index is 887. The summed E-state index contributed by atoms with van der Waals surface area (Å²) in [5, 5.41) is 4.07. The molecule has 2 aliphatic rings. The maximum absolute atomic E-state index is 12.9. The first-order valence-electron chi connectivity index (χ1n) is 11.7. The van der Waals surface area contributed by atoms with Crippen LogP contribution >= 0.6 is 11.6 Å². The Morgan fingerprint density at radius 2 is 1.87 bits per heavy atom. The predicted molar refractivity (Wildman–Crippen MR) is 124 cm³/mol. The zero-order chi connectivity index (χ0) is 22.0. The number of aryl methyl sites for hydroxylation is 1. The fraction of sp³-hybridized carbons (Fsp3) is 0.600. The smallest absolute Gasteiger partial charge is 0.226 e. The van der Waals surface area contributed by atoms with E-state index in [1.807, 2.05) is 31.2 Å². The van der Waals surface area contributed by atoms with Crippen LogP contribution in [0.4, 0.5) is 0 Å². The number of nitrogens with zero attached hydrogens (tertiary/aromatic N) is 2. The highest BCUT2D eigenvalue weighted by Crippen LogP contribution is 2.30. The van der Waals surface area contributed by atoms with Gasteiger partial charge in [0.25, 0.3) is 0 Å². The summed E-state index contributed by atoms with van der Waals surface area (Å²) in [6, 6.07) is 7.89. The molecule has 1 aromatic heterocycles. The number of rotatable bonds is 5. The minimum atomic E-state index is 0.128. The highest BCUT2D eigenvalue weighted by atomic mass is 35.5. The molecule has 2 aromatic rings. The maximum Gasteiger partial charge on any atom is 0.226 e. The number of piperidine rings is 1. The Morgan fingerprint density at radius 3 is 2.58 bits per heavy atom. The van der Waals surface area contributed by atoms with Crippen molar-refractivity contribution in [2.75, 3.05) is 13.1 Å². The molecule has 1 aromatic carbocycles. The molecule has 1 saturated heterocycles. The number of carbonyl (C=O) groups excluding carboxylic acids is 1. The minimum Gasteiger partial charge on any atom is -0.441 e. The van der Waals surface area contributed by atoms with E-state index in [0.29, 0.717) is 28.8 Å². The molecule has 0 bridgehead atoms. The van der Waals surface area contributed by atoms with E-state index >= 15 is 0 Å². The Hall–Kier alpha value is -1.85. The molecule has 1 N–H and O–H groups in total. The van der Waals surface area contributed by atoms with Gasteiger partial charge in [-0.05, 0) is 75.4 Å². The number of amides is 1. The molecule has 0 radical (unpaired) electrons. The number of halogens is 1. The van der Waals surface area contributed by atoms with Crippen LogP contribution in [0.25, 0.3) is 11.5 Å². The molecule has 1 saturated carbocycles. The van der Waals surface area contributed by atoms with Gasteiger partial charge in [0.1, 0.15) is 5.76 Å². The van der Waals surface area contributed by atoms with E-state index in [9.17, 15) is 4.79 Å². The molecule has 31 heavy (non-hydrogen) atoms. The average Bonchev–Trinajstić information content (AvgIpc) is 3.12. The summed E-state index contributed by atoms with van der Waals surface area (Å²) in [6.07, 6.45) is 5.45. The lowest BCUT2D eigenvalue weighted by Gasteiger charge is -2.36. The van der Waals surface area contributed by atoms with Gasteiger partial charge in [0.15, 0.2) is 0 Å². The average molecular weight is 444 g/mol. The molecule has 0 spiro atoms. The summed E-state index contributed by atoms with van der Waals surface area (Å²) < 4.78 is 5.90. The summed E-state index contributed by atoms with van der Waals surface area (Å²) in [4.78, 5) is 20.0. The second-order valence-electron chi connectivity index (χ2n) is 9.46. The largest absolute Gasteiger partial charge is 0.441 e. The first kappa shape index (κ1) is 22.3. The van der Waals surface area contributed by atoms with Gasteiger partial charge in [0.05, 0.1) is 5.69 Å². The van der Waals surface area contributed by atoms with Crippen LogP contribution in [0.5, 0.6) is 0 Å². The molecule has 3 atom stereocenters. The lowest BCUT2D eigenvalue weighted by molar-refractivity contribution is -0.128. The number of nitrogens with one attached hydrogen (secondary N) is 1. The summed E-state index contributed by atoms with van der Waals surface area (Å²) in [6.45, 7) is 9.15. The standard InChI is InChI=1S/C25H34ClN3O2/c1-16-5-4-6-22(17(16)2)27-24(30)19-11-13-29(14-12-19)15-23-18(3)31-25(28-23)20-7-9-21(26)10-8-20/h7-10,16-17,19,22H,4-6,11-15H2,1-3H3,(H,27,30)/t16-,17-,22+/m0/s1. The fourth-order valence-electron chi connectivity index (χ4n) is 4.94. The van der Waals surface area contributed by atoms with Crippen molar-refractivity contribution in [1.29, 1.82) is 0 Å². The molecule has 2 heterocycles. The molecule has 1 amide bonds. The van der Waals surface area contributed by atoms with Crippen molar-refractivity contribution < 1.29 is 9.21 Å². The number of likely N-dealkylation sites (tertiary alicyclic amines) is 1. The SMILES string of the molecule is Cc1oc(-c2ccc(Cl)cc2)nc1CN1CCC(C(=O)N[C@@H]2CCC[C@H](C)[C@@H]2C)CC1. The summed E-state index contributed by atoms with van der Waals surface area (Å²) in [7, 11) is 0. The number of hydrogen-bond acceptors (Lipinski definition) is 4. The molecule has 4 rings (SSSR count). The summed E-state index contributed by atoms with van der Waals surface area (Å²) >= 11 is 5.98. The maximum atomic E-state index is 12.9. The Balaban J connectivity index is 1.29. The van der Waals surface area contributed by atoms with Gasteiger partial charge in [-0.3, -0.25) is 9.69 Å². The molecule has 6 heteroatoms. The topological polar surface area (TPSA) is 58.4 Å². The van der Waals surface area contributed by atoms with Crippen molar-refractivity contribution in [3.05, 3.63) is 40.7 Å². The third kappa shape index (κ3) is 5.32. The minimum absolute atomic E-state index is 0.128. The van der Waals surface area contributed by atoms with E-state index in [0.717, 1.165) is 55.9 Å².